The normalized spacial score (nSPS) is 10.8. The van der Waals surface area contributed by atoms with Crippen LogP contribution in [0.25, 0.3) is 10.9 Å². The number of H-pyrrole nitrogens is 1. The quantitative estimate of drug-likeness (QED) is 0.480. The molecule has 2 aromatic carbocycles. The van der Waals surface area contributed by atoms with Crippen molar-refractivity contribution in [2.45, 2.75) is 27.3 Å². The molecular formula is C26H25N3O3. The highest BCUT2D eigenvalue weighted by Gasteiger charge is 2.22. The smallest absolute Gasteiger partial charge is 0.258 e. The summed E-state index contributed by atoms with van der Waals surface area (Å²) in [5, 5.41) is 0.850. The first-order valence-corrected chi connectivity index (χ1v) is 10.5. The monoisotopic (exact) mass is 427 g/mol. The number of fused-ring (bicyclic) bond motifs is 1. The van der Waals surface area contributed by atoms with Crippen molar-refractivity contribution < 1.29 is 9.53 Å². The van der Waals surface area contributed by atoms with Crippen molar-refractivity contribution in [1.82, 2.24) is 9.97 Å². The molecule has 2 heterocycles. The zero-order valence-corrected chi connectivity index (χ0v) is 18.4. The molecule has 0 atom stereocenters. The third-order valence-corrected chi connectivity index (χ3v) is 5.57. The summed E-state index contributed by atoms with van der Waals surface area (Å²) in [5.41, 5.74) is 4.34. The van der Waals surface area contributed by atoms with Gasteiger partial charge >= 0.3 is 0 Å². The van der Waals surface area contributed by atoms with E-state index in [1.165, 1.54) is 0 Å². The third kappa shape index (κ3) is 4.25. The van der Waals surface area contributed by atoms with Gasteiger partial charge in [-0.2, -0.15) is 0 Å². The van der Waals surface area contributed by atoms with Crippen LogP contribution in [0.4, 0.5) is 5.69 Å². The molecule has 2 aromatic heterocycles. The Morgan fingerprint density at radius 1 is 1.06 bits per heavy atom. The van der Waals surface area contributed by atoms with E-state index in [0.717, 1.165) is 33.5 Å². The standard InChI is InChI=1S/C26H25N3O3/c1-4-32-22-8-9-23-20(15-22)14-21(25(30)28-23)16-29(24-7-5-6-17(2)18(24)3)26(31)19-10-12-27-13-11-19/h5-15H,4,16H2,1-3H3,(H,28,30). The van der Waals surface area contributed by atoms with Crippen molar-refractivity contribution >= 4 is 22.5 Å². The average molecular weight is 428 g/mol. The first-order valence-electron chi connectivity index (χ1n) is 10.5. The van der Waals surface area contributed by atoms with Crippen LogP contribution in [0.15, 0.2) is 71.8 Å². The topological polar surface area (TPSA) is 75.3 Å². The van der Waals surface area contributed by atoms with Crippen LogP contribution in [0.1, 0.15) is 34.0 Å². The number of benzene rings is 2. The predicted molar refractivity (Wildman–Crippen MR) is 126 cm³/mol. The minimum absolute atomic E-state index is 0.135. The van der Waals surface area contributed by atoms with Gasteiger partial charge in [0.15, 0.2) is 0 Å². The van der Waals surface area contributed by atoms with Crippen LogP contribution >= 0.6 is 0 Å². The molecule has 0 spiro atoms. The molecule has 0 fully saturated rings. The number of nitrogens with one attached hydrogen (secondary N) is 1. The Hall–Kier alpha value is -3.93. The van der Waals surface area contributed by atoms with E-state index in [1.807, 2.05) is 63.2 Å². The van der Waals surface area contributed by atoms with Gasteiger partial charge in [0.2, 0.25) is 0 Å². The number of anilines is 1. The van der Waals surface area contributed by atoms with Crippen molar-refractivity contribution in [3.05, 3.63) is 99.6 Å². The fourth-order valence-corrected chi connectivity index (χ4v) is 3.72. The molecule has 0 aliphatic rings. The molecule has 6 nitrogen and oxygen atoms in total. The highest BCUT2D eigenvalue weighted by atomic mass is 16.5. The highest BCUT2D eigenvalue weighted by molar-refractivity contribution is 6.06. The number of rotatable bonds is 6. The van der Waals surface area contributed by atoms with Crippen LogP contribution in [0.5, 0.6) is 5.75 Å². The molecule has 32 heavy (non-hydrogen) atoms. The van der Waals surface area contributed by atoms with Crippen molar-refractivity contribution in [3.63, 3.8) is 0 Å². The maximum atomic E-state index is 13.5. The van der Waals surface area contributed by atoms with Gasteiger partial charge < -0.3 is 14.6 Å². The van der Waals surface area contributed by atoms with Crippen LogP contribution in [-0.4, -0.2) is 22.5 Å². The molecule has 1 amide bonds. The van der Waals surface area contributed by atoms with E-state index in [2.05, 4.69) is 9.97 Å². The molecule has 4 aromatic rings. The van der Waals surface area contributed by atoms with Crippen LogP contribution in [0, 0.1) is 13.8 Å². The maximum Gasteiger partial charge on any atom is 0.258 e. The van der Waals surface area contributed by atoms with Crippen molar-refractivity contribution in [2.24, 2.45) is 0 Å². The largest absolute Gasteiger partial charge is 0.494 e. The van der Waals surface area contributed by atoms with E-state index in [0.29, 0.717) is 17.7 Å². The second kappa shape index (κ2) is 9.06. The number of aromatic nitrogens is 2. The molecule has 6 heteroatoms. The lowest BCUT2D eigenvalue weighted by molar-refractivity contribution is 0.0985. The third-order valence-electron chi connectivity index (χ3n) is 5.57. The Morgan fingerprint density at radius 3 is 2.59 bits per heavy atom. The van der Waals surface area contributed by atoms with E-state index < -0.39 is 0 Å². The molecule has 0 aliphatic carbocycles. The summed E-state index contributed by atoms with van der Waals surface area (Å²) < 4.78 is 5.60. The van der Waals surface area contributed by atoms with Gasteiger partial charge in [0.05, 0.1) is 13.2 Å². The lowest BCUT2D eigenvalue weighted by Crippen LogP contribution is -2.33. The van der Waals surface area contributed by atoms with E-state index in [1.54, 1.807) is 29.4 Å². The highest BCUT2D eigenvalue weighted by Crippen LogP contribution is 2.27. The summed E-state index contributed by atoms with van der Waals surface area (Å²) in [6.07, 6.45) is 3.18. The average Bonchev–Trinajstić information content (AvgIpc) is 2.80. The molecule has 0 aliphatic heterocycles. The number of amides is 1. The number of carbonyl (C=O) groups is 1. The SMILES string of the molecule is CCOc1ccc2[nH]c(=O)c(CN(C(=O)c3ccncc3)c3cccc(C)c3C)cc2c1. The summed E-state index contributed by atoms with van der Waals surface area (Å²) in [6.45, 7) is 6.61. The van der Waals surface area contributed by atoms with E-state index >= 15 is 0 Å². The number of hydrogen-bond donors (Lipinski definition) is 1. The Labute approximate surface area is 186 Å². The van der Waals surface area contributed by atoms with E-state index in [9.17, 15) is 9.59 Å². The van der Waals surface area contributed by atoms with Crippen LogP contribution in [0.3, 0.4) is 0 Å². The lowest BCUT2D eigenvalue weighted by Gasteiger charge is -2.25. The van der Waals surface area contributed by atoms with Gasteiger partial charge in [-0.3, -0.25) is 14.6 Å². The summed E-state index contributed by atoms with van der Waals surface area (Å²) in [5.74, 6) is 0.543. The van der Waals surface area contributed by atoms with Gasteiger partial charge in [-0.15, -0.1) is 0 Å². The van der Waals surface area contributed by atoms with Crippen LogP contribution in [0.2, 0.25) is 0 Å². The molecule has 1 N–H and O–H groups in total. The molecule has 162 valence electrons. The van der Waals surface area contributed by atoms with E-state index in [-0.39, 0.29) is 18.0 Å². The van der Waals surface area contributed by atoms with Crippen molar-refractivity contribution in [2.75, 3.05) is 11.5 Å². The zero-order valence-electron chi connectivity index (χ0n) is 18.4. The summed E-state index contributed by atoms with van der Waals surface area (Å²) in [6, 6.07) is 16.6. The zero-order chi connectivity index (χ0) is 22.7. The summed E-state index contributed by atoms with van der Waals surface area (Å²) in [7, 11) is 0. The first kappa shape index (κ1) is 21.3. The molecular weight excluding hydrogens is 402 g/mol. The first-order chi connectivity index (χ1) is 15.5. The van der Waals surface area contributed by atoms with Crippen LogP contribution < -0.4 is 15.2 Å². The maximum absolute atomic E-state index is 13.5. The molecule has 0 bridgehead atoms. The number of carbonyl (C=O) groups excluding carboxylic acids is 1. The fourth-order valence-electron chi connectivity index (χ4n) is 3.72. The minimum atomic E-state index is -0.223. The van der Waals surface area contributed by atoms with Crippen molar-refractivity contribution in [3.8, 4) is 5.75 Å². The number of pyridine rings is 2. The van der Waals surface area contributed by atoms with Gasteiger partial charge in [0.25, 0.3) is 11.5 Å². The second-order valence-electron chi connectivity index (χ2n) is 7.65. The Bertz CT molecular complexity index is 1330. The van der Waals surface area contributed by atoms with Gasteiger partial charge in [0, 0.05) is 40.1 Å². The fraction of sp³-hybridized carbons (Fsp3) is 0.192. The second-order valence-corrected chi connectivity index (χ2v) is 7.65. The molecule has 0 saturated carbocycles. The molecule has 0 saturated heterocycles. The van der Waals surface area contributed by atoms with Crippen molar-refractivity contribution in [1.29, 1.82) is 0 Å². The summed E-state index contributed by atoms with van der Waals surface area (Å²) >= 11 is 0. The molecule has 0 radical (unpaired) electrons. The number of ether oxygens (including phenoxy) is 1. The van der Waals surface area contributed by atoms with Gasteiger partial charge in [0.1, 0.15) is 5.75 Å². The number of hydrogen-bond acceptors (Lipinski definition) is 4. The van der Waals surface area contributed by atoms with Gasteiger partial charge in [-0.25, -0.2) is 0 Å². The summed E-state index contributed by atoms with van der Waals surface area (Å²) in [4.78, 5) is 35.0. The number of aromatic amines is 1. The minimum Gasteiger partial charge on any atom is -0.494 e. The molecule has 0 unspecified atom stereocenters. The Balaban J connectivity index is 1.81. The van der Waals surface area contributed by atoms with E-state index in [4.69, 9.17) is 4.74 Å². The lowest BCUT2D eigenvalue weighted by atomic mass is 10.1. The van der Waals surface area contributed by atoms with Gasteiger partial charge in [-0.05, 0) is 74.4 Å². The Morgan fingerprint density at radius 2 is 1.84 bits per heavy atom. The Kier molecular flexibility index (Phi) is 6.03. The molecule has 4 rings (SSSR count). The van der Waals surface area contributed by atoms with Gasteiger partial charge in [-0.1, -0.05) is 12.1 Å². The van der Waals surface area contributed by atoms with Crippen LogP contribution in [-0.2, 0) is 6.54 Å². The predicted octanol–water partition coefficient (Wildman–Crippen LogP) is 4.79. The number of nitrogens with zero attached hydrogens (tertiary/aromatic N) is 2. The number of aryl methyl sites for hydroxylation is 1.